The molecule has 0 aromatic carbocycles. The van der Waals surface area contributed by atoms with E-state index in [0.717, 1.165) is 13.0 Å². The largest absolute Gasteiger partial charge is 0.379 e. The van der Waals surface area contributed by atoms with E-state index in [1.165, 1.54) is 0 Å². The van der Waals surface area contributed by atoms with Crippen LogP contribution in [0.2, 0.25) is 0 Å². The van der Waals surface area contributed by atoms with Crippen LogP contribution < -0.4 is 5.73 Å². The summed E-state index contributed by atoms with van der Waals surface area (Å²) in [5.74, 6) is -0.369. The highest BCUT2D eigenvalue weighted by Gasteiger charge is 1.96. The van der Waals surface area contributed by atoms with Gasteiger partial charge in [-0.1, -0.05) is 6.92 Å². The molecule has 11 nitrogen and oxygen atoms in total. The lowest BCUT2D eigenvalue weighted by Gasteiger charge is -2.08. The van der Waals surface area contributed by atoms with Crippen molar-refractivity contribution in [2.75, 3.05) is 119 Å². The van der Waals surface area contributed by atoms with Crippen LogP contribution in [-0.2, 0) is 47.4 Å². The Balaban J connectivity index is 3.01. The van der Waals surface area contributed by atoms with Crippen LogP contribution in [0.1, 0.15) is 19.8 Å². The molecule has 0 bridgehead atoms. The van der Waals surface area contributed by atoms with E-state index in [4.69, 9.17) is 48.4 Å². The highest BCUT2D eigenvalue weighted by atomic mass is 16.6. The summed E-state index contributed by atoms with van der Waals surface area (Å²) in [6, 6.07) is 0. The van der Waals surface area contributed by atoms with Crippen LogP contribution in [-0.4, -0.2) is 125 Å². The summed E-state index contributed by atoms with van der Waals surface area (Å²) < 4.78 is 48.3. The predicted molar refractivity (Wildman–Crippen MR) is 121 cm³/mol. The maximum Gasteiger partial charge on any atom is 0.219 e. The van der Waals surface area contributed by atoms with Crippen molar-refractivity contribution < 1.29 is 47.4 Å². The number of hydrogen-bond acceptors (Lipinski definition) is 10. The van der Waals surface area contributed by atoms with Crippen LogP contribution in [0.3, 0.4) is 0 Å². The quantitative estimate of drug-likeness (QED) is 0.150. The van der Waals surface area contributed by atoms with Crippen molar-refractivity contribution in [3.63, 3.8) is 0 Å². The topological polar surface area (TPSA) is 126 Å². The van der Waals surface area contributed by atoms with Gasteiger partial charge in [-0.3, -0.25) is 4.79 Å². The molecular weight excluding hydrogens is 438 g/mol. The number of nitrogens with two attached hydrogens (primary N) is 1. The monoisotopic (exact) mass is 483 g/mol. The zero-order chi connectivity index (χ0) is 24.1. The van der Waals surface area contributed by atoms with Crippen LogP contribution >= 0.6 is 0 Å². The maximum atomic E-state index is 10.5. The lowest BCUT2D eigenvalue weighted by molar-refractivity contribution is -0.119. The number of amides is 1. The molecule has 0 aliphatic carbocycles. The molecule has 2 N–H and O–H groups in total. The zero-order valence-corrected chi connectivity index (χ0v) is 20.3. The normalized spacial score (nSPS) is 11.3. The summed E-state index contributed by atoms with van der Waals surface area (Å²) in [6.45, 7) is 11.5. The first-order valence-electron chi connectivity index (χ1n) is 11.7. The van der Waals surface area contributed by atoms with E-state index < -0.39 is 0 Å². The number of primary amides is 1. The first-order chi connectivity index (χ1) is 16.3. The van der Waals surface area contributed by atoms with Crippen molar-refractivity contribution in [1.82, 2.24) is 0 Å². The molecule has 1 amide bonds. The third kappa shape index (κ3) is 31.1. The van der Waals surface area contributed by atoms with E-state index >= 15 is 0 Å². The van der Waals surface area contributed by atoms with Crippen molar-refractivity contribution in [3.05, 3.63) is 0 Å². The van der Waals surface area contributed by atoms with Gasteiger partial charge in [0, 0.05) is 13.0 Å². The van der Waals surface area contributed by atoms with E-state index in [-0.39, 0.29) is 12.3 Å². The molecule has 33 heavy (non-hydrogen) atoms. The zero-order valence-electron chi connectivity index (χ0n) is 20.3. The molecule has 0 heterocycles. The predicted octanol–water partition coefficient (Wildman–Crippen LogP) is 0.421. The molecule has 0 aromatic heterocycles. The molecule has 11 heteroatoms. The first-order valence-corrected chi connectivity index (χ1v) is 11.7. The molecule has 0 saturated carbocycles. The van der Waals surface area contributed by atoms with E-state index in [1.807, 2.05) is 0 Å². The SMILES string of the molecule is CCCOCCOCCOCCOCCOCCOCCOCCOCCOCCC(N)=O. The van der Waals surface area contributed by atoms with E-state index in [2.05, 4.69) is 6.92 Å². The number of carbonyl (C=O) groups is 1. The number of rotatable bonds is 29. The minimum Gasteiger partial charge on any atom is -0.379 e. The Morgan fingerprint density at radius 1 is 0.424 bits per heavy atom. The Morgan fingerprint density at radius 3 is 0.848 bits per heavy atom. The smallest absolute Gasteiger partial charge is 0.219 e. The van der Waals surface area contributed by atoms with Crippen LogP contribution in [0.15, 0.2) is 0 Å². The standard InChI is InChI=1S/C22H45NO10/c1-2-4-25-6-8-27-10-12-29-14-16-31-18-20-33-21-19-32-17-15-30-13-11-28-9-7-26-5-3-22(23)24/h2-21H2,1H3,(H2,23,24). The van der Waals surface area contributed by atoms with Crippen LogP contribution in [0.5, 0.6) is 0 Å². The highest BCUT2D eigenvalue weighted by molar-refractivity contribution is 5.73. The Bertz CT molecular complexity index is 390. The van der Waals surface area contributed by atoms with E-state index in [0.29, 0.717) is 112 Å². The molecule has 0 fully saturated rings. The van der Waals surface area contributed by atoms with Crippen LogP contribution in [0.25, 0.3) is 0 Å². The highest BCUT2D eigenvalue weighted by Crippen LogP contribution is 1.87. The lowest BCUT2D eigenvalue weighted by atomic mass is 10.4. The maximum absolute atomic E-state index is 10.5. The van der Waals surface area contributed by atoms with Gasteiger partial charge in [0.15, 0.2) is 0 Å². The molecule has 198 valence electrons. The number of ether oxygens (including phenoxy) is 9. The van der Waals surface area contributed by atoms with Crippen LogP contribution in [0, 0.1) is 0 Å². The lowest BCUT2D eigenvalue weighted by Crippen LogP contribution is -2.16. The molecule has 0 unspecified atom stereocenters. The van der Waals surface area contributed by atoms with Gasteiger partial charge in [-0.25, -0.2) is 0 Å². The van der Waals surface area contributed by atoms with E-state index in [1.54, 1.807) is 0 Å². The molecule has 0 aromatic rings. The summed E-state index contributed by atoms with van der Waals surface area (Å²) in [4.78, 5) is 10.5. The molecule has 0 spiro atoms. The molecule has 0 atom stereocenters. The Kier molecular flexibility index (Phi) is 28.4. The van der Waals surface area contributed by atoms with E-state index in [9.17, 15) is 4.79 Å². The van der Waals surface area contributed by atoms with Gasteiger partial charge in [0.05, 0.1) is 112 Å². The fourth-order valence-corrected chi connectivity index (χ4v) is 2.18. The molecule has 0 radical (unpaired) electrons. The average Bonchev–Trinajstić information content (AvgIpc) is 2.80. The Labute approximate surface area is 198 Å². The third-order valence-electron chi connectivity index (χ3n) is 3.82. The molecule has 0 saturated heterocycles. The van der Waals surface area contributed by atoms with Gasteiger partial charge < -0.3 is 48.4 Å². The molecule has 0 aliphatic rings. The average molecular weight is 484 g/mol. The second-order valence-corrected chi connectivity index (χ2v) is 6.73. The van der Waals surface area contributed by atoms with Crippen molar-refractivity contribution in [2.24, 2.45) is 5.73 Å². The van der Waals surface area contributed by atoms with Gasteiger partial charge in [-0.2, -0.15) is 0 Å². The molecular formula is C22H45NO10. The number of carbonyl (C=O) groups excluding carboxylic acids is 1. The third-order valence-corrected chi connectivity index (χ3v) is 3.82. The number of hydrogen-bond donors (Lipinski definition) is 1. The van der Waals surface area contributed by atoms with Gasteiger partial charge in [0.2, 0.25) is 5.91 Å². The first kappa shape index (κ1) is 32.1. The van der Waals surface area contributed by atoms with Gasteiger partial charge in [-0.05, 0) is 6.42 Å². The van der Waals surface area contributed by atoms with Crippen molar-refractivity contribution >= 4 is 5.91 Å². The minimum atomic E-state index is -0.369. The van der Waals surface area contributed by atoms with Gasteiger partial charge in [0.1, 0.15) is 0 Å². The van der Waals surface area contributed by atoms with Crippen molar-refractivity contribution in [1.29, 1.82) is 0 Å². The van der Waals surface area contributed by atoms with Crippen molar-refractivity contribution in [3.8, 4) is 0 Å². The second-order valence-electron chi connectivity index (χ2n) is 6.73. The summed E-state index contributed by atoms with van der Waals surface area (Å²) in [7, 11) is 0. The Hall–Kier alpha value is -0.890. The van der Waals surface area contributed by atoms with Crippen molar-refractivity contribution in [2.45, 2.75) is 19.8 Å². The second kappa shape index (κ2) is 29.1. The summed E-state index contributed by atoms with van der Waals surface area (Å²) in [6.07, 6.45) is 1.25. The van der Waals surface area contributed by atoms with Gasteiger partial charge in [-0.15, -0.1) is 0 Å². The summed E-state index contributed by atoms with van der Waals surface area (Å²) in [5, 5.41) is 0. The van der Waals surface area contributed by atoms with Gasteiger partial charge >= 0.3 is 0 Å². The molecule has 0 aliphatic heterocycles. The Morgan fingerprint density at radius 2 is 0.636 bits per heavy atom. The molecule has 0 rings (SSSR count). The summed E-state index contributed by atoms with van der Waals surface area (Å²) >= 11 is 0. The fourth-order valence-electron chi connectivity index (χ4n) is 2.18. The van der Waals surface area contributed by atoms with Gasteiger partial charge in [0.25, 0.3) is 0 Å². The van der Waals surface area contributed by atoms with Crippen LogP contribution in [0.4, 0.5) is 0 Å². The fraction of sp³-hybridized carbons (Fsp3) is 0.955. The summed E-state index contributed by atoms with van der Waals surface area (Å²) in [5.41, 5.74) is 5.00. The minimum absolute atomic E-state index is 0.227.